The minimum atomic E-state index is 0.817. The van der Waals surface area contributed by atoms with Crippen molar-refractivity contribution in [3.8, 4) is 0 Å². The van der Waals surface area contributed by atoms with E-state index in [0.29, 0.717) is 0 Å². The molecule has 0 atom stereocenters. The smallest absolute Gasteiger partial charge is 0.00793 e. The van der Waals surface area contributed by atoms with Gasteiger partial charge in [-0.3, -0.25) is 0 Å². The molecule has 1 saturated carbocycles. The van der Waals surface area contributed by atoms with Gasteiger partial charge in [0, 0.05) is 19.1 Å². The quantitative estimate of drug-likeness (QED) is 0.616. The minimum Gasteiger partial charge on any atom is -0.315 e. The van der Waals surface area contributed by atoms with Gasteiger partial charge < -0.3 is 10.6 Å². The number of nitrogens with one attached hydrogen (secondary N) is 2. The summed E-state index contributed by atoms with van der Waals surface area (Å²) >= 11 is 0. The monoisotopic (exact) mass is 184 g/mol. The fraction of sp³-hybridized carbons (Fsp3) is 1.00. The molecule has 1 aliphatic carbocycles. The van der Waals surface area contributed by atoms with Crippen molar-refractivity contribution in [2.24, 2.45) is 0 Å². The van der Waals surface area contributed by atoms with E-state index in [0.717, 1.165) is 25.7 Å². The molecular weight excluding hydrogens is 160 g/mol. The maximum absolute atomic E-state index is 3.62. The molecular formula is C11H24N2. The van der Waals surface area contributed by atoms with Crippen LogP contribution < -0.4 is 10.6 Å². The molecule has 2 N–H and O–H groups in total. The van der Waals surface area contributed by atoms with Crippen LogP contribution in [0.15, 0.2) is 0 Å². The SMILES string of the molecule is CCCNCCNC1CCCCC1. The highest BCUT2D eigenvalue weighted by atomic mass is 15.0. The Bertz CT molecular complexity index is 109. The van der Waals surface area contributed by atoms with E-state index in [9.17, 15) is 0 Å². The van der Waals surface area contributed by atoms with Crippen LogP contribution in [0.2, 0.25) is 0 Å². The van der Waals surface area contributed by atoms with E-state index < -0.39 is 0 Å². The lowest BCUT2D eigenvalue weighted by molar-refractivity contribution is 0.373. The summed E-state index contributed by atoms with van der Waals surface area (Å²) in [6.45, 7) is 5.64. The Morgan fingerprint density at radius 2 is 1.77 bits per heavy atom. The zero-order valence-corrected chi connectivity index (χ0v) is 8.94. The summed E-state index contributed by atoms with van der Waals surface area (Å²) < 4.78 is 0. The first-order valence-corrected chi connectivity index (χ1v) is 5.87. The minimum absolute atomic E-state index is 0.817. The summed E-state index contributed by atoms with van der Waals surface area (Å²) in [5.74, 6) is 0. The highest BCUT2D eigenvalue weighted by Gasteiger charge is 2.11. The molecule has 0 heterocycles. The van der Waals surface area contributed by atoms with Crippen LogP contribution in [0.25, 0.3) is 0 Å². The fourth-order valence-corrected chi connectivity index (χ4v) is 1.97. The maximum atomic E-state index is 3.62. The number of hydrogen-bond acceptors (Lipinski definition) is 2. The van der Waals surface area contributed by atoms with Crippen molar-refractivity contribution in [3.63, 3.8) is 0 Å². The van der Waals surface area contributed by atoms with Crippen molar-refractivity contribution in [1.29, 1.82) is 0 Å². The van der Waals surface area contributed by atoms with Crippen molar-refractivity contribution >= 4 is 0 Å². The molecule has 1 aliphatic rings. The molecule has 0 aliphatic heterocycles. The van der Waals surface area contributed by atoms with E-state index in [2.05, 4.69) is 17.6 Å². The molecule has 2 heteroatoms. The van der Waals surface area contributed by atoms with Crippen molar-refractivity contribution in [2.45, 2.75) is 51.5 Å². The fourth-order valence-electron chi connectivity index (χ4n) is 1.97. The highest BCUT2D eigenvalue weighted by molar-refractivity contribution is 4.71. The summed E-state index contributed by atoms with van der Waals surface area (Å²) in [6, 6.07) is 0.817. The molecule has 1 fully saturated rings. The molecule has 0 aromatic carbocycles. The number of hydrogen-bond donors (Lipinski definition) is 2. The van der Waals surface area contributed by atoms with Crippen LogP contribution in [0, 0.1) is 0 Å². The lowest BCUT2D eigenvalue weighted by atomic mass is 9.95. The molecule has 0 unspecified atom stereocenters. The van der Waals surface area contributed by atoms with E-state index in [-0.39, 0.29) is 0 Å². The van der Waals surface area contributed by atoms with Crippen LogP contribution in [0.3, 0.4) is 0 Å². The second kappa shape index (κ2) is 7.34. The van der Waals surface area contributed by atoms with Crippen molar-refractivity contribution in [1.82, 2.24) is 10.6 Å². The van der Waals surface area contributed by atoms with Gasteiger partial charge in [-0.15, -0.1) is 0 Å². The van der Waals surface area contributed by atoms with Gasteiger partial charge in [-0.25, -0.2) is 0 Å². The normalized spacial score (nSPS) is 19.2. The molecule has 0 spiro atoms. The van der Waals surface area contributed by atoms with E-state index in [1.807, 2.05) is 0 Å². The maximum Gasteiger partial charge on any atom is 0.00793 e. The zero-order valence-electron chi connectivity index (χ0n) is 8.94. The van der Waals surface area contributed by atoms with Crippen molar-refractivity contribution in [2.75, 3.05) is 19.6 Å². The van der Waals surface area contributed by atoms with Crippen LogP contribution in [0.4, 0.5) is 0 Å². The lowest BCUT2D eigenvalue weighted by Crippen LogP contribution is -2.36. The molecule has 0 radical (unpaired) electrons. The van der Waals surface area contributed by atoms with E-state index in [4.69, 9.17) is 0 Å². The van der Waals surface area contributed by atoms with Gasteiger partial charge in [0.05, 0.1) is 0 Å². The predicted octanol–water partition coefficient (Wildman–Crippen LogP) is 1.91. The van der Waals surface area contributed by atoms with E-state index in [1.165, 1.54) is 38.5 Å². The van der Waals surface area contributed by atoms with Gasteiger partial charge in [0.15, 0.2) is 0 Å². The van der Waals surface area contributed by atoms with Crippen LogP contribution in [-0.2, 0) is 0 Å². The van der Waals surface area contributed by atoms with E-state index in [1.54, 1.807) is 0 Å². The summed E-state index contributed by atoms with van der Waals surface area (Å²) in [5, 5.41) is 7.03. The molecule has 0 aromatic rings. The third kappa shape index (κ3) is 5.27. The Morgan fingerprint density at radius 1 is 1.00 bits per heavy atom. The van der Waals surface area contributed by atoms with Gasteiger partial charge in [0.1, 0.15) is 0 Å². The summed E-state index contributed by atoms with van der Waals surface area (Å²) in [4.78, 5) is 0. The van der Waals surface area contributed by atoms with Crippen molar-refractivity contribution < 1.29 is 0 Å². The third-order valence-electron chi connectivity index (χ3n) is 2.77. The van der Waals surface area contributed by atoms with Crippen LogP contribution >= 0.6 is 0 Å². The van der Waals surface area contributed by atoms with Gasteiger partial charge in [-0.2, -0.15) is 0 Å². The Labute approximate surface area is 82.5 Å². The summed E-state index contributed by atoms with van der Waals surface area (Å²) in [6.07, 6.45) is 8.34. The summed E-state index contributed by atoms with van der Waals surface area (Å²) in [7, 11) is 0. The Balaban J connectivity index is 1.86. The molecule has 0 bridgehead atoms. The second-order valence-corrected chi connectivity index (χ2v) is 4.04. The number of rotatable bonds is 6. The van der Waals surface area contributed by atoms with E-state index >= 15 is 0 Å². The molecule has 1 rings (SSSR count). The second-order valence-electron chi connectivity index (χ2n) is 4.04. The molecule has 2 nitrogen and oxygen atoms in total. The first-order chi connectivity index (χ1) is 6.43. The van der Waals surface area contributed by atoms with Gasteiger partial charge in [0.2, 0.25) is 0 Å². The zero-order chi connectivity index (χ0) is 9.36. The van der Waals surface area contributed by atoms with Crippen LogP contribution in [0.1, 0.15) is 45.4 Å². The molecule has 0 saturated heterocycles. The average molecular weight is 184 g/mol. The van der Waals surface area contributed by atoms with Crippen LogP contribution in [-0.4, -0.2) is 25.7 Å². The predicted molar refractivity (Wildman–Crippen MR) is 58.0 cm³/mol. The first kappa shape index (κ1) is 11.0. The summed E-state index contributed by atoms with van der Waals surface area (Å²) in [5.41, 5.74) is 0. The standard InChI is InChI=1S/C11H24N2/c1-2-8-12-9-10-13-11-6-4-3-5-7-11/h11-13H,2-10H2,1H3. The topological polar surface area (TPSA) is 24.1 Å². The Kier molecular flexibility index (Phi) is 6.21. The molecule has 0 aromatic heterocycles. The van der Waals surface area contributed by atoms with Gasteiger partial charge in [-0.05, 0) is 25.8 Å². The Hall–Kier alpha value is -0.0800. The van der Waals surface area contributed by atoms with Gasteiger partial charge in [-0.1, -0.05) is 26.2 Å². The Morgan fingerprint density at radius 3 is 2.46 bits per heavy atom. The van der Waals surface area contributed by atoms with Crippen molar-refractivity contribution in [3.05, 3.63) is 0 Å². The lowest BCUT2D eigenvalue weighted by Gasteiger charge is -2.22. The molecule has 78 valence electrons. The van der Waals surface area contributed by atoms with Crippen LogP contribution in [0.5, 0.6) is 0 Å². The molecule has 0 amide bonds. The first-order valence-electron chi connectivity index (χ1n) is 5.87. The van der Waals surface area contributed by atoms with Gasteiger partial charge >= 0.3 is 0 Å². The largest absolute Gasteiger partial charge is 0.315 e. The average Bonchev–Trinajstić information content (AvgIpc) is 2.19. The highest BCUT2D eigenvalue weighted by Crippen LogP contribution is 2.16. The van der Waals surface area contributed by atoms with Gasteiger partial charge in [0.25, 0.3) is 0 Å². The molecule has 13 heavy (non-hydrogen) atoms. The third-order valence-corrected chi connectivity index (χ3v) is 2.77.